The molecule has 0 bridgehead atoms. The van der Waals surface area contributed by atoms with Crippen LogP contribution in [0.25, 0.3) is 0 Å². The molecule has 0 aromatic heterocycles. The van der Waals surface area contributed by atoms with E-state index in [0.29, 0.717) is 13.1 Å². The number of urea groups is 1. The Labute approximate surface area is 114 Å². The van der Waals surface area contributed by atoms with Crippen molar-refractivity contribution >= 4 is 6.03 Å². The van der Waals surface area contributed by atoms with Gasteiger partial charge in [0, 0.05) is 18.7 Å². The van der Waals surface area contributed by atoms with E-state index in [2.05, 4.69) is 29.4 Å². The molecule has 0 unspecified atom stereocenters. The topological polar surface area (TPSA) is 61.4 Å². The van der Waals surface area contributed by atoms with Crippen LogP contribution in [0.5, 0.6) is 0 Å². The van der Waals surface area contributed by atoms with E-state index >= 15 is 0 Å². The number of nitrogens with one attached hydrogen (secondary N) is 2. The third kappa shape index (κ3) is 5.94. The highest BCUT2D eigenvalue weighted by Gasteiger charge is 2.02. The second-order valence-corrected chi connectivity index (χ2v) is 4.08. The zero-order valence-electron chi connectivity index (χ0n) is 11.2. The number of carbonyl (C=O) groups is 1. The summed E-state index contributed by atoms with van der Waals surface area (Å²) < 4.78 is 0. The number of carbonyl (C=O) groups excluding carboxylic acids is 1. The largest absolute Gasteiger partial charge is 0.384 e. The summed E-state index contributed by atoms with van der Waals surface area (Å²) in [7, 11) is 0. The molecule has 1 aromatic carbocycles. The Morgan fingerprint density at radius 1 is 1.32 bits per heavy atom. The molecule has 4 heteroatoms. The lowest BCUT2D eigenvalue weighted by Gasteiger charge is -2.08. The van der Waals surface area contributed by atoms with Crippen molar-refractivity contribution in [2.45, 2.75) is 26.3 Å². The second-order valence-electron chi connectivity index (χ2n) is 4.08. The molecular weight excluding hydrogens is 240 g/mol. The first-order chi connectivity index (χ1) is 9.27. The Kier molecular flexibility index (Phi) is 7.14. The number of unbranched alkanes of at least 4 members (excludes halogenated alkanes) is 1. The predicted molar refractivity (Wildman–Crippen MR) is 75.6 cm³/mol. The molecule has 0 heterocycles. The van der Waals surface area contributed by atoms with E-state index in [1.807, 2.05) is 24.3 Å². The molecular formula is C15H20N2O2. The van der Waals surface area contributed by atoms with Gasteiger partial charge in [0.2, 0.25) is 0 Å². The molecule has 0 atom stereocenters. The quantitative estimate of drug-likeness (QED) is 0.556. The van der Waals surface area contributed by atoms with E-state index in [4.69, 9.17) is 5.11 Å². The molecule has 0 radical (unpaired) electrons. The van der Waals surface area contributed by atoms with Crippen molar-refractivity contribution in [1.82, 2.24) is 10.6 Å². The monoisotopic (exact) mass is 260 g/mol. The maximum absolute atomic E-state index is 11.5. The SMILES string of the molecule is CCCCNC(=O)NCc1ccccc1C#CCO. The van der Waals surface area contributed by atoms with Crippen LogP contribution in [0.4, 0.5) is 4.79 Å². The Balaban J connectivity index is 2.50. The lowest BCUT2D eigenvalue weighted by molar-refractivity contribution is 0.240. The van der Waals surface area contributed by atoms with Gasteiger partial charge in [-0.15, -0.1) is 0 Å². The van der Waals surface area contributed by atoms with Crippen LogP contribution in [0, 0.1) is 11.8 Å². The number of hydrogen-bond donors (Lipinski definition) is 3. The zero-order valence-corrected chi connectivity index (χ0v) is 11.2. The van der Waals surface area contributed by atoms with E-state index in [1.165, 1.54) is 0 Å². The molecule has 0 aliphatic heterocycles. The molecule has 1 aromatic rings. The van der Waals surface area contributed by atoms with Gasteiger partial charge in [-0.25, -0.2) is 4.79 Å². The van der Waals surface area contributed by atoms with Crippen LogP contribution in [0.3, 0.4) is 0 Å². The Morgan fingerprint density at radius 2 is 2.11 bits per heavy atom. The fourth-order valence-corrected chi connectivity index (χ4v) is 1.55. The summed E-state index contributed by atoms with van der Waals surface area (Å²) in [6, 6.07) is 7.39. The fraction of sp³-hybridized carbons (Fsp3) is 0.400. The van der Waals surface area contributed by atoms with Gasteiger partial charge in [-0.3, -0.25) is 0 Å². The van der Waals surface area contributed by atoms with Gasteiger partial charge >= 0.3 is 6.03 Å². The first kappa shape index (κ1) is 15.1. The van der Waals surface area contributed by atoms with Gasteiger partial charge in [0.25, 0.3) is 0 Å². The van der Waals surface area contributed by atoms with E-state index in [9.17, 15) is 4.79 Å². The fourth-order valence-electron chi connectivity index (χ4n) is 1.55. The van der Waals surface area contributed by atoms with Crippen molar-refractivity contribution in [3.8, 4) is 11.8 Å². The lowest BCUT2D eigenvalue weighted by Crippen LogP contribution is -2.35. The number of aliphatic hydroxyl groups excluding tert-OH is 1. The summed E-state index contributed by atoms with van der Waals surface area (Å²) in [5.74, 6) is 5.48. The van der Waals surface area contributed by atoms with Crippen molar-refractivity contribution in [3.05, 3.63) is 35.4 Å². The number of amides is 2. The first-order valence-corrected chi connectivity index (χ1v) is 6.47. The van der Waals surface area contributed by atoms with Crippen molar-refractivity contribution in [2.24, 2.45) is 0 Å². The standard InChI is InChI=1S/C15H20N2O2/c1-2-3-10-16-15(19)17-12-14-8-5-4-7-13(14)9-6-11-18/h4-5,7-8,18H,2-3,10-12H2,1H3,(H2,16,17,19). The summed E-state index contributed by atoms with van der Waals surface area (Å²) in [5.41, 5.74) is 1.76. The second kappa shape index (κ2) is 9.01. The van der Waals surface area contributed by atoms with Gasteiger partial charge in [0.1, 0.15) is 6.61 Å². The zero-order chi connectivity index (χ0) is 13.9. The van der Waals surface area contributed by atoms with Gasteiger partial charge in [-0.2, -0.15) is 0 Å². The van der Waals surface area contributed by atoms with Crippen LogP contribution >= 0.6 is 0 Å². The summed E-state index contributed by atoms with van der Waals surface area (Å²) >= 11 is 0. The maximum atomic E-state index is 11.5. The van der Waals surface area contributed by atoms with Crippen LogP contribution < -0.4 is 10.6 Å². The van der Waals surface area contributed by atoms with Crippen LogP contribution in [-0.2, 0) is 6.54 Å². The number of benzene rings is 1. The highest BCUT2D eigenvalue weighted by molar-refractivity contribution is 5.73. The van der Waals surface area contributed by atoms with Gasteiger partial charge in [0.15, 0.2) is 0 Å². The molecule has 2 amide bonds. The van der Waals surface area contributed by atoms with E-state index in [-0.39, 0.29) is 12.6 Å². The van der Waals surface area contributed by atoms with Crippen molar-refractivity contribution in [1.29, 1.82) is 0 Å². The molecule has 0 saturated carbocycles. The number of rotatable bonds is 5. The van der Waals surface area contributed by atoms with Crippen LogP contribution in [0.1, 0.15) is 30.9 Å². The summed E-state index contributed by atoms with van der Waals surface area (Å²) in [5, 5.41) is 14.3. The molecule has 0 fully saturated rings. The predicted octanol–water partition coefficient (Wildman–Crippen LogP) is 1.63. The molecule has 0 aliphatic carbocycles. The molecule has 3 N–H and O–H groups in total. The van der Waals surface area contributed by atoms with Crippen molar-refractivity contribution < 1.29 is 9.90 Å². The lowest BCUT2D eigenvalue weighted by atomic mass is 10.1. The van der Waals surface area contributed by atoms with Gasteiger partial charge in [-0.1, -0.05) is 43.4 Å². The molecule has 0 spiro atoms. The molecule has 102 valence electrons. The van der Waals surface area contributed by atoms with Crippen LogP contribution in [-0.4, -0.2) is 24.3 Å². The van der Waals surface area contributed by atoms with Gasteiger partial charge in [0.05, 0.1) is 0 Å². The van der Waals surface area contributed by atoms with E-state index in [0.717, 1.165) is 24.0 Å². The van der Waals surface area contributed by atoms with Crippen LogP contribution in [0.15, 0.2) is 24.3 Å². The third-order valence-electron chi connectivity index (χ3n) is 2.57. The average Bonchev–Trinajstić information content (AvgIpc) is 2.44. The highest BCUT2D eigenvalue weighted by atomic mass is 16.2. The van der Waals surface area contributed by atoms with Crippen molar-refractivity contribution in [2.75, 3.05) is 13.2 Å². The minimum atomic E-state index is -0.168. The Bertz CT molecular complexity index is 461. The minimum Gasteiger partial charge on any atom is -0.384 e. The Hall–Kier alpha value is -1.99. The minimum absolute atomic E-state index is 0.167. The summed E-state index contributed by atoms with van der Waals surface area (Å²) in [6.07, 6.45) is 2.03. The first-order valence-electron chi connectivity index (χ1n) is 6.47. The molecule has 0 aliphatic rings. The molecule has 19 heavy (non-hydrogen) atoms. The van der Waals surface area contributed by atoms with E-state index in [1.54, 1.807) is 0 Å². The number of aliphatic hydroxyl groups is 1. The smallest absolute Gasteiger partial charge is 0.315 e. The third-order valence-corrected chi connectivity index (χ3v) is 2.57. The highest BCUT2D eigenvalue weighted by Crippen LogP contribution is 2.06. The van der Waals surface area contributed by atoms with E-state index < -0.39 is 0 Å². The Morgan fingerprint density at radius 3 is 2.84 bits per heavy atom. The summed E-state index contributed by atoms with van der Waals surface area (Å²) in [6.45, 7) is 3.03. The summed E-state index contributed by atoms with van der Waals surface area (Å²) in [4.78, 5) is 11.5. The van der Waals surface area contributed by atoms with Crippen molar-refractivity contribution in [3.63, 3.8) is 0 Å². The molecule has 4 nitrogen and oxygen atoms in total. The van der Waals surface area contributed by atoms with Gasteiger partial charge < -0.3 is 15.7 Å². The molecule has 0 saturated heterocycles. The normalized spacial score (nSPS) is 9.37. The van der Waals surface area contributed by atoms with Gasteiger partial charge in [-0.05, 0) is 18.1 Å². The maximum Gasteiger partial charge on any atom is 0.315 e. The van der Waals surface area contributed by atoms with Crippen LogP contribution in [0.2, 0.25) is 0 Å². The molecule has 1 rings (SSSR count). The number of hydrogen-bond acceptors (Lipinski definition) is 2. The average molecular weight is 260 g/mol.